The topological polar surface area (TPSA) is 50.8 Å². The van der Waals surface area contributed by atoms with Crippen molar-refractivity contribution in [1.82, 2.24) is 0 Å². The molecular formula is C21H25ClN2O3. The second-order valence-electron chi connectivity index (χ2n) is 6.95. The van der Waals surface area contributed by atoms with Crippen molar-refractivity contribution in [2.45, 2.75) is 13.8 Å². The van der Waals surface area contributed by atoms with E-state index >= 15 is 0 Å². The van der Waals surface area contributed by atoms with Crippen LogP contribution in [-0.4, -0.2) is 38.8 Å². The molecule has 1 amide bonds. The highest BCUT2D eigenvalue weighted by atomic mass is 35.5. The molecular weight excluding hydrogens is 364 g/mol. The van der Waals surface area contributed by atoms with Crippen LogP contribution in [0.1, 0.15) is 24.2 Å². The summed E-state index contributed by atoms with van der Waals surface area (Å²) in [7, 11) is 0. The molecule has 0 unspecified atom stereocenters. The van der Waals surface area contributed by atoms with Gasteiger partial charge in [0.15, 0.2) is 0 Å². The third kappa shape index (κ3) is 5.37. The fourth-order valence-corrected chi connectivity index (χ4v) is 3.11. The number of amides is 1. The lowest BCUT2D eigenvalue weighted by Gasteiger charge is -2.29. The Morgan fingerprint density at radius 1 is 1.19 bits per heavy atom. The third-order valence-electron chi connectivity index (χ3n) is 4.26. The van der Waals surface area contributed by atoms with Crippen molar-refractivity contribution in [3.05, 3.63) is 53.1 Å². The molecule has 1 saturated heterocycles. The third-order valence-corrected chi connectivity index (χ3v) is 4.56. The average Bonchev–Trinajstić information content (AvgIpc) is 2.67. The van der Waals surface area contributed by atoms with E-state index in [1.165, 1.54) is 0 Å². The van der Waals surface area contributed by atoms with E-state index in [-0.39, 0.29) is 5.91 Å². The molecule has 1 aliphatic rings. The van der Waals surface area contributed by atoms with Gasteiger partial charge in [0.1, 0.15) is 5.75 Å². The summed E-state index contributed by atoms with van der Waals surface area (Å²) in [5, 5.41) is 3.51. The molecule has 3 rings (SSSR count). The maximum Gasteiger partial charge on any atom is 0.255 e. The molecule has 2 aromatic carbocycles. The molecule has 0 spiro atoms. The van der Waals surface area contributed by atoms with E-state index < -0.39 is 0 Å². The first-order valence-corrected chi connectivity index (χ1v) is 9.57. The number of nitrogens with one attached hydrogen (secondary N) is 1. The van der Waals surface area contributed by atoms with Crippen molar-refractivity contribution in [2.75, 3.05) is 43.1 Å². The first-order valence-electron chi connectivity index (χ1n) is 9.19. The van der Waals surface area contributed by atoms with Gasteiger partial charge in [0.2, 0.25) is 0 Å². The highest BCUT2D eigenvalue weighted by molar-refractivity contribution is 6.33. The molecule has 1 fully saturated rings. The number of halogens is 1. The zero-order chi connectivity index (χ0) is 19.2. The van der Waals surface area contributed by atoms with Crippen LogP contribution >= 0.6 is 11.6 Å². The molecule has 144 valence electrons. The van der Waals surface area contributed by atoms with Gasteiger partial charge in [-0.1, -0.05) is 25.4 Å². The van der Waals surface area contributed by atoms with Crippen molar-refractivity contribution in [1.29, 1.82) is 0 Å². The maximum absolute atomic E-state index is 12.5. The molecule has 0 aromatic heterocycles. The zero-order valence-corrected chi connectivity index (χ0v) is 16.5. The fraction of sp³-hybridized carbons (Fsp3) is 0.381. The number of anilines is 2. The molecule has 0 bridgehead atoms. The number of morpholine rings is 1. The number of hydrogen-bond acceptors (Lipinski definition) is 4. The van der Waals surface area contributed by atoms with Gasteiger partial charge in [-0.3, -0.25) is 4.79 Å². The molecule has 0 aliphatic carbocycles. The molecule has 1 aliphatic heterocycles. The van der Waals surface area contributed by atoms with E-state index in [0.29, 0.717) is 42.0 Å². The molecule has 6 heteroatoms. The van der Waals surface area contributed by atoms with Crippen LogP contribution in [0, 0.1) is 5.92 Å². The Morgan fingerprint density at radius 2 is 1.89 bits per heavy atom. The summed E-state index contributed by atoms with van der Waals surface area (Å²) in [5.74, 6) is 1.04. The molecule has 5 nitrogen and oxygen atoms in total. The van der Waals surface area contributed by atoms with Gasteiger partial charge in [0.25, 0.3) is 5.91 Å². The Labute approximate surface area is 165 Å². The predicted octanol–water partition coefficient (Wildman–Crippen LogP) is 4.46. The van der Waals surface area contributed by atoms with Crippen molar-refractivity contribution >= 4 is 28.9 Å². The van der Waals surface area contributed by atoms with Crippen LogP contribution < -0.4 is 15.0 Å². The Hall–Kier alpha value is -2.24. The van der Waals surface area contributed by atoms with Crippen LogP contribution in [-0.2, 0) is 4.74 Å². The SMILES string of the molecule is CC(C)COc1ccc(C(=O)Nc2ccc(N3CCOCC3)c(Cl)c2)cc1. The summed E-state index contributed by atoms with van der Waals surface area (Å²) in [6.07, 6.45) is 0. The van der Waals surface area contributed by atoms with Crippen LogP contribution in [0.4, 0.5) is 11.4 Å². The summed E-state index contributed by atoms with van der Waals surface area (Å²) in [4.78, 5) is 14.7. The molecule has 0 atom stereocenters. The van der Waals surface area contributed by atoms with E-state index in [1.54, 1.807) is 18.2 Å². The maximum atomic E-state index is 12.5. The molecule has 0 radical (unpaired) electrons. The van der Waals surface area contributed by atoms with Crippen LogP contribution in [0.2, 0.25) is 5.02 Å². The lowest BCUT2D eigenvalue weighted by Crippen LogP contribution is -2.36. The van der Waals surface area contributed by atoms with Gasteiger partial charge >= 0.3 is 0 Å². The first-order chi connectivity index (χ1) is 13.0. The van der Waals surface area contributed by atoms with Gasteiger partial charge in [-0.2, -0.15) is 0 Å². The zero-order valence-electron chi connectivity index (χ0n) is 15.7. The Kier molecular flexibility index (Phi) is 6.58. The van der Waals surface area contributed by atoms with E-state index in [2.05, 4.69) is 24.1 Å². The number of nitrogens with zero attached hydrogens (tertiary/aromatic N) is 1. The summed E-state index contributed by atoms with van der Waals surface area (Å²) >= 11 is 6.42. The van der Waals surface area contributed by atoms with Gasteiger partial charge in [-0.05, 0) is 48.4 Å². The van der Waals surface area contributed by atoms with Crippen LogP contribution in [0.25, 0.3) is 0 Å². The minimum absolute atomic E-state index is 0.180. The monoisotopic (exact) mass is 388 g/mol. The number of ether oxygens (including phenoxy) is 2. The van der Waals surface area contributed by atoms with Gasteiger partial charge in [-0.25, -0.2) is 0 Å². The first kappa shape index (κ1) is 19.5. The Morgan fingerprint density at radius 3 is 2.52 bits per heavy atom. The summed E-state index contributed by atoms with van der Waals surface area (Å²) < 4.78 is 11.0. The highest BCUT2D eigenvalue weighted by Gasteiger charge is 2.15. The molecule has 0 saturated carbocycles. The van der Waals surface area contributed by atoms with E-state index in [1.807, 2.05) is 24.3 Å². The number of carbonyl (C=O) groups is 1. The lowest BCUT2D eigenvalue weighted by atomic mass is 10.2. The quantitative estimate of drug-likeness (QED) is 0.793. The highest BCUT2D eigenvalue weighted by Crippen LogP contribution is 2.29. The standard InChI is InChI=1S/C21H25ClN2O3/c1-15(2)14-27-18-6-3-16(4-7-18)21(25)23-17-5-8-20(19(22)13-17)24-9-11-26-12-10-24/h3-8,13,15H,9-12,14H2,1-2H3,(H,23,25). The van der Waals surface area contributed by atoms with Crippen LogP contribution in [0.15, 0.2) is 42.5 Å². The summed E-state index contributed by atoms with van der Waals surface area (Å²) in [6.45, 7) is 7.87. The van der Waals surface area contributed by atoms with E-state index in [9.17, 15) is 4.79 Å². The summed E-state index contributed by atoms with van der Waals surface area (Å²) in [5.41, 5.74) is 2.20. The van der Waals surface area contributed by atoms with E-state index in [4.69, 9.17) is 21.1 Å². The Balaban J connectivity index is 1.62. The molecule has 27 heavy (non-hydrogen) atoms. The smallest absolute Gasteiger partial charge is 0.255 e. The Bertz CT molecular complexity index is 771. The van der Waals surface area contributed by atoms with Crippen LogP contribution in [0.5, 0.6) is 5.75 Å². The minimum Gasteiger partial charge on any atom is -0.493 e. The van der Waals surface area contributed by atoms with Crippen molar-refractivity contribution in [2.24, 2.45) is 5.92 Å². The van der Waals surface area contributed by atoms with Crippen LogP contribution in [0.3, 0.4) is 0 Å². The molecule has 2 aromatic rings. The number of benzene rings is 2. The normalized spacial score (nSPS) is 14.3. The lowest BCUT2D eigenvalue weighted by molar-refractivity contribution is 0.102. The molecule has 1 N–H and O–H groups in total. The second-order valence-corrected chi connectivity index (χ2v) is 7.36. The van der Waals surface area contributed by atoms with Gasteiger partial charge < -0.3 is 19.7 Å². The van der Waals surface area contributed by atoms with Gasteiger partial charge in [0, 0.05) is 24.3 Å². The number of carbonyl (C=O) groups excluding carboxylic acids is 1. The number of rotatable bonds is 6. The second kappa shape index (κ2) is 9.11. The van der Waals surface area contributed by atoms with Crippen molar-refractivity contribution < 1.29 is 14.3 Å². The molecule has 1 heterocycles. The summed E-state index contributed by atoms with van der Waals surface area (Å²) in [6, 6.07) is 12.7. The predicted molar refractivity (Wildman–Crippen MR) is 109 cm³/mol. The number of hydrogen-bond donors (Lipinski definition) is 1. The van der Waals surface area contributed by atoms with Crippen molar-refractivity contribution in [3.8, 4) is 5.75 Å². The van der Waals surface area contributed by atoms with Gasteiger partial charge in [-0.15, -0.1) is 0 Å². The fourth-order valence-electron chi connectivity index (χ4n) is 2.81. The van der Waals surface area contributed by atoms with Crippen molar-refractivity contribution in [3.63, 3.8) is 0 Å². The van der Waals surface area contributed by atoms with Gasteiger partial charge in [0.05, 0.1) is 30.5 Å². The largest absolute Gasteiger partial charge is 0.493 e. The van der Waals surface area contributed by atoms with E-state index in [0.717, 1.165) is 24.5 Å². The average molecular weight is 389 g/mol. The minimum atomic E-state index is -0.180.